The van der Waals surface area contributed by atoms with E-state index in [-0.39, 0.29) is 45.8 Å². The van der Waals surface area contributed by atoms with Gasteiger partial charge in [0, 0.05) is 0 Å². The van der Waals surface area contributed by atoms with E-state index in [0.29, 0.717) is 10.9 Å². The number of para-hydroxylation sites is 1. The van der Waals surface area contributed by atoms with Crippen LogP contribution >= 0.6 is 0 Å². The van der Waals surface area contributed by atoms with Gasteiger partial charge in [-0.2, -0.15) is 0 Å². The van der Waals surface area contributed by atoms with Gasteiger partial charge >= 0.3 is 227 Å². The summed E-state index contributed by atoms with van der Waals surface area (Å²) in [6, 6.07) is 22.8. The number of hydrogen-bond acceptors (Lipinski definition) is 0. The Kier molecular flexibility index (Phi) is 3.73. The van der Waals surface area contributed by atoms with Gasteiger partial charge in [-0.05, 0) is 0 Å². The van der Waals surface area contributed by atoms with Gasteiger partial charge in [-0.3, -0.25) is 0 Å². The topological polar surface area (TPSA) is 4.93 Å². The second-order valence-electron chi connectivity index (χ2n) is 10.9. The van der Waals surface area contributed by atoms with Crippen molar-refractivity contribution in [2.45, 2.75) is 38.8 Å². The zero-order valence-corrected chi connectivity index (χ0v) is 23.2. The van der Waals surface area contributed by atoms with E-state index < -0.39 is 8.07 Å². The summed E-state index contributed by atoms with van der Waals surface area (Å²) >= 11 is 0.159. The van der Waals surface area contributed by atoms with Crippen molar-refractivity contribution in [1.29, 1.82) is 0 Å². The van der Waals surface area contributed by atoms with Crippen LogP contribution in [0.5, 0.6) is 0 Å². The van der Waals surface area contributed by atoms with E-state index in [4.69, 9.17) is 5.48 Å². The van der Waals surface area contributed by atoms with Gasteiger partial charge in [0.1, 0.15) is 0 Å². The molecule has 0 bridgehead atoms. The number of aromatic nitrogens is 1. The van der Waals surface area contributed by atoms with Crippen LogP contribution < -0.4 is 35.7 Å². The average Bonchev–Trinajstić information content (AvgIpc) is 3.32. The Morgan fingerprint density at radius 2 is 1.69 bits per heavy atom. The second kappa shape index (κ2) is 7.62. The van der Waals surface area contributed by atoms with Crippen LogP contribution in [-0.4, -0.2) is 34.3 Å². The van der Waals surface area contributed by atoms with Crippen molar-refractivity contribution < 1.29 is 5.48 Å². The van der Waals surface area contributed by atoms with Gasteiger partial charge in [-0.15, -0.1) is 0 Å². The predicted octanol–water partition coefficient (Wildman–Crippen LogP) is 2.13. The first kappa shape index (κ1) is 17.6. The van der Waals surface area contributed by atoms with E-state index in [9.17, 15) is 0 Å². The van der Waals surface area contributed by atoms with E-state index in [1.165, 1.54) is 25.0 Å². The fourth-order valence-electron chi connectivity index (χ4n) is 7.04. The molecule has 0 amide bonds. The first-order chi connectivity index (χ1) is 19.3. The zero-order valence-electron chi connectivity index (χ0n) is 24.5. The Balaban J connectivity index is 1.39. The number of aryl methyl sites for hydroxylation is 1. The van der Waals surface area contributed by atoms with E-state index in [1.54, 1.807) is 10.6 Å². The summed E-state index contributed by atoms with van der Waals surface area (Å²) in [4.78, 5) is 0. The summed E-state index contributed by atoms with van der Waals surface area (Å²) in [5, 5.41) is 3.83. The fraction of sp³-hybridized carbons (Fsp3) is 0.188. The number of rotatable bonds is 1. The Morgan fingerprint density at radius 3 is 2.64 bits per heavy atom. The monoisotopic (exact) mass is 549 g/mol. The van der Waals surface area contributed by atoms with Crippen LogP contribution in [0.2, 0.25) is 13.1 Å². The first-order valence-corrected chi connectivity index (χ1v) is 17.7. The fourth-order valence-corrected chi connectivity index (χ4v) is 13.0. The van der Waals surface area contributed by atoms with E-state index in [2.05, 4.69) is 78.3 Å². The molecule has 0 unspecified atom stereocenters. The normalized spacial score (nSPS) is 18.3. The summed E-state index contributed by atoms with van der Waals surface area (Å²) in [5.74, 6) is 0. The molecule has 0 N–H and O–H groups in total. The maximum atomic E-state index is 8.89. The average molecular weight is 548 g/mol. The zero-order chi connectivity index (χ0) is 27.5. The second-order valence-corrected chi connectivity index (χ2v) is 17.5. The standard InChI is InChI=1S/C32H28BNSeSi/c1-36(2)30-16-8-5-12-25(30)33-24-19-18-21(20-29(24)35-28-15-9-17-31(36)32(28)33)34-26-13-6-3-10-22(26)23-11-4-7-14-27(23)34/h3,5-6,8-10,12-13,15-20H,4,7,11,14H2,1-2H3/i3D,6D,10D,13D. The van der Waals surface area contributed by atoms with Crippen LogP contribution in [0, 0.1) is 0 Å². The molecule has 1 nitrogen and oxygen atoms in total. The van der Waals surface area contributed by atoms with Crippen LogP contribution in [0.4, 0.5) is 0 Å². The summed E-state index contributed by atoms with van der Waals surface area (Å²) in [5.41, 5.74) is 8.34. The predicted molar refractivity (Wildman–Crippen MR) is 159 cm³/mol. The molecule has 0 saturated heterocycles. The molecule has 4 heteroatoms. The molecule has 36 heavy (non-hydrogen) atoms. The molecule has 0 atom stereocenters. The van der Waals surface area contributed by atoms with Gasteiger partial charge in [0.2, 0.25) is 0 Å². The molecule has 0 spiro atoms. The van der Waals surface area contributed by atoms with Crippen LogP contribution in [0.25, 0.3) is 16.6 Å². The molecule has 4 aromatic carbocycles. The van der Waals surface area contributed by atoms with Gasteiger partial charge in [0.25, 0.3) is 0 Å². The van der Waals surface area contributed by atoms with Gasteiger partial charge in [0.15, 0.2) is 0 Å². The van der Waals surface area contributed by atoms with Gasteiger partial charge in [0.05, 0.1) is 0 Å². The van der Waals surface area contributed by atoms with Crippen molar-refractivity contribution in [3.8, 4) is 5.69 Å². The number of benzene rings is 4. The first-order valence-electron chi connectivity index (χ1n) is 15.0. The molecule has 8 rings (SSSR count). The van der Waals surface area contributed by atoms with Crippen LogP contribution in [0.1, 0.15) is 29.6 Å². The van der Waals surface area contributed by atoms with Crippen molar-refractivity contribution in [1.82, 2.24) is 4.57 Å². The van der Waals surface area contributed by atoms with Crippen molar-refractivity contribution in [2.24, 2.45) is 0 Å². The molecule has 0 saturated carbocycles. The van der Waals surface area contributed by atoms with Gasteiger partial charge < -0.3 is 0 Å². The summed E-state index contributed by atoms with van der Waals surface area (Å²) < 4.78 is 39.5. The molecule has 0 fully saturated rings. The molecule has 1 aliphatic carbocycles. The SMILES string of the molecule is [2H]c1c([2H])c([2H])c2c(c1[2H])c1c(n2-c2ccc3c(c2)[Se]c2cccc4c2B3c2ccccc2[Si]4(C)C)CCCC1. The Hall–Kier alpha value is -2.78. The molecule has 3 aliphatic rings. The molecule has 5 aromatic rings. The minimum atomic E-state index is -1.80. The Morgan fingerprint density at radius 1 is 0.861 bits per heavy atom. The third kappa shape index (κ3) is 2.78. The third-order valence-electron chi connectivity index (χ3n) is 8.66. The van der Waals surface area contributed by atoms with Gasteiger partial charge in [-0.25, -0.2) is 0 Å². The summed E-state index contributed by atoms with van der Waals surface area (Å²) in [6.45, 7) is 5.23. The van der Waals surface area contributed by atoms with Gasteiger partial charge in [-0.1, -0.05) is 0 Å². The third-order valence-corrected chi connectivity index (χ3v) is 14.7. The van der Waals surface area contributed by atoms with E-state index >= 15 is 0 Å². The molecule has 2 aliphatic heterocycles. The number of fused-ring (bicyclic) bond motifs is 7. The van der Waals surface area contributed by atoms with Crippen molar-refractivity contribution in [3.63, 3.8) is 0 Å². The Labute approximate surface area is 226 Å². The summed E-state index contributed by atoms with van der Waals surface area (Å²) in [7, 11) is -1.80. The van der Waals surface area contributed by atoms with Crippen molar-refractivity contribution in [3.05, 3.63) is 96.1 Å². The van der Waals surface area contributed by atoms with E-state index in [1.807, 2.05) is 0 Å². The molecular formula is C32H28BNSeSi. The van der Waals surface area contributed by atoms with Crippen molar-refractivity contribution in [2.75, 3.05) is 0 Å². The molecule has 1 aromatic heterocycles. The number of nitrogens with zero attached hydrogens (tertiary/aromatic N) is 1. The summed E-state index contributed by atoms with van der Waals surface area (Å²) in [6.07, 6.45) is 3.90. The van der Waals surface area contributed by atoms with E-state index in [0.717, 1.165) is 42.6 Å². The van der Waals surface area contributed by atoms with Crippen LogP contribution in [0.3, 0.4) is 0 Å². The van der Waals surface area contributed by atoms with Crippen LogP contribution in [0.15, 0.2) is 84.8 Å². The molecule has 3 heterocycles. The van der Waals surface area contributed by atoms with Crippen LogP contribution in [-0.2, 0) is 12.8 Å². The minimum absolute atomic E-state index is 0.0667. The molecule has 0 radical (unpaired) electrons. The molecule has 174 valence electrons. The maximum absolute atomic E-state index is 8.89. The Bertz CT molecular complexity index is 1930. The van der Waals surface area contributed by atoms with Crippen molar-refractivity contribution >= 4 is 76.3 Å². The quantitative estimate of drug-likeness (QED) is 0.278. The molecular weight excluding hydrogens is 516 g/mol. The number of hydrogen-bond donors (Lipinski definition) is 0.